The summed E-state index contributed by atoms with van der Waals surface area (Å²) in [5, 5.41) is 10.6. The highest BCUT2D eigenvalue weighted by Gasteiger charge is 2.50. The molecule has 0 unspecified atom stereocenters. The molecule has 29 heavy (non-hydrogen) atoms. The Labute approximate surface area is 172 Å². The highest BCUT2D eigenvalue weighted by molar-refractivity contribution is 5.89. The number of ether oxygens (including phenoxy) is 2. The maximum Gasteiger partial charge on any atom is 0.338 e. The van der Waals surface area contributed by atoms with E-state index in [4.69, 9.17) is 9.47 Å². The van der Waals surface area contributed by atoms with Crippen LogP contribution in [-0.2, 0) is 14.3 Å². The molecule has 1 saturated heterocycles. The van der Waals surface area contributed by atoms with Crippen LogP contribution in [0, 0.1) is 29.1 Å². The van der Waals surface area contributed by atoms with Crippen LogP contribution in [0.2, 0.25) is 0 Å². The first-order chi connectivity index (χ1) is 13.8. The molecular weight excluding hydrogens is 368 g/mol. The van der Waals surface area contributed by atoms with E-state index in [2.05, 4.69) is 11.8 Å². The van der Waals surface area contributed by atoms with Gasteiger partial charge < -0.3 is 14.6 Å². The van der Waals surface area contributed by atoms with Gasteiger partial charge in [-0.1, -0.05) is 44.2 Å². The molecule has 5 nitrogen and oxygen atoms in total. The minimum absolute atomic E-state index is 0.0435. The average Bonchev–Trinajstić information content (AvgIpc) is 3.20. The largest absolute Gasteiger partial charge is 0.462 e. The Balaban J connectivity index is 1.75. The molecule has 154 valence electrons. The maximum atomic E-state index is 12.5. The van der Waals surface area contributed by atoms with Crippen molar-refractivity contribution < 1.29 is 24.2 Å². The Bertz CT molecular complexity index is 830. The van der Waals surface area contributed by atoms with Crippen molar-refractivity contribution >= 4 is 11.9 Å². The van der Waals surface area contributed by atoms with Crippen molar-refractivity contribution in [3.05, 3.63) is 48.0 Å². The molecule has 2 fully saturated rings. The number of fused-ring (bicyclic) bond motifs is 1. The summed E-state index contributed by atoms with van der Waals surface area (Å²) in [5.41, 5.74) is 0.0824. The molecule has 0 spiro atoms. The van der Waals surface area contributed by atoms with Crippen LogP contribution in [0.1, 0.15) is 50.4 Å². The van der Waals surface area contributed by atoms with E-state index >= 15 is 0 Å². The molecule has 5 atom stereocenters. The number of hydrogen-bond donors (Lipinski definition) is 1. The van der Waals surface area contributed by atoms with Crippen LogP contribution in [0.25, 0.3) is 0 Å². The number of aliphatic hydroxyl groups is 1. The summed E-state index contributed by atoms with van der Waals surface area (Å²) in [6.45, 7) is 5.69. The van der Waals surface area contributed by atoms with Crippen molar-refractivity contribution in [1.29, 1.82) is 0 Å². The fourth-order valence-corrected chi connectivity index (χ4v) is 3.98. The van der Waals surface area contributed by atoms with Gasteiger partial charge >= 0.3 is 11.9 Å². The molecule has 1 aromatic carbocycles. The lowest BCUT2D eigenvalue weighted by Gasteiger charge is -2.27. The fraction of sp³-hybridized carbons (Fsp3) is 0.500. The molecule has 2 aliphatic rings. The van der Waals surface area contributed by atoms with Gasteiger partial charge in [0, 0.05) is 30.1 Å². The summed E-state index contributed by atoms with van der Waals surface area (Å²) in [4.78, 5) is 24.3. The SMILES string of the molecule is CC#CCC(C)(C)[C@H](O)C=C[C@@H]1[C@H]2CC(=O)O[C@H]2C[C@H]1OC(=O)c1ccccc1. The van der Waals surface area contributed by atoms with E-state index in [1.807, 2.05) is 26.0 Å². The van der Waals surface area contributed by atoms with E-state index in [0.29, 0.717) is 24.8 Å². The molecule has 0 aromatic heterocycles. The molecule has 0 bridgehead atoms. The van der Waals surface area contributed by atoms with Crippen LogP contribution in [-0.4, -0.2) is 35.4 Å². The molecular formula is C24H28O5. The van der Waals surface area contributed by atoms with Gasteiger partial charge in [0.15, 0.2) is 0 Å². The summed E-state index contributed by atoms with van der Waals surface area (Å²) in [7, 11) is 0. The molecule has 1 saturated carbocycles. The second-order valence-electron chi connectivity index (χ2n) is 8.44. The average molecular weight is 396 g/mol. The van der Waals surface area contributed by atoms with E-state index in [0.717, 1.165) is 0 Å². The minimum Gasteiger partial charge on any atom is -0.462 e. The van der Waals surface area contributed by atoms with Crippen LogP contribution in [0.3, 0.4) is 0 Å². The number of hydrogen-bond acceptors (Lipinski definition) is 5. The minimum atomic E-state index is -0.703. The van der Waals surface area contributed by atoms with Gasteiger partial charge in [-0.05, 0) is 19.1 Å². The number of benzene rings is 1. The summed E-state index contributed by atoms with van der Waals surface area (Å²) in [6, 6.07) is 8.84. The van der Waals surface area contributed by atoms with Crippen LogP contribution in [0.5, 0.6) is 0 Å². The molecule has 1 heterocycles. The van der Waals surface area contributed by atoms with Gasteiger partial charge in [0.2, 0.25) is 0 Å². The van der Waals surface area contributed by atoms with Crippen molar-refractivity contribution in [2.24, 2.45) is 17.3 Å². The molecule has 0 radical (unpaired) electrons. The fourth-order valence-electron chi connectivity index (χ4n) is 3.98. The van der Waals surface area contributed by atoms with Crippen LogP contribution in [0.15, 0.2) is 42.5 Å². The third-order valence-electron chi connectivity index (χ3n) is 5.86. The van der Waals surface area contributed by atoms with E-state index in [1.165, 1.54) is 0 Å². The maximum absolute atomic E-state index is 12.5. The van der Waals surface area contributed by atoms with Crippen molar-refractivity contribution in [3.8, 4) is 11.8 Å². The number of carbonyl (C=O) groups excluding carboxylic acids is 2. The molecule has 5 heteroatoms. The van der Waals surface area contributed by atoms with E-state index in [-0.39, 0.29) is 29.9 Å². The molecule has 1 aromatic rings. The summed E-state index contributed by atoms with van der Waals surface area (Å²) in [5.74, 6) is 5.04. The van der Waals surface area contributed by atoms with Gasteiger partial charge in [-0.25, -0.2) is 4.79 Å². The topological polar surface area (TPSA) is 72.8 Å². The normalized spacial score (nSPS) is 27.1. The zero-order valence-electron chi connectivity index (χ0n) is 17.1. The Hall–Kier alpha value is -2.58. The zero-order chi connectivity index (χ0) is 21.0. The Morgan fingerprint density at radius 3 is 2.79 bits per heavy atom. The first-order valence-corrected chi connectivity index (χ1v) is 10.0. The third-order valence-corrected chi connectivity index (χ3v) is 5.86. The standard InChI is InChI=1S/C24H28O5/c1-4-5-13-24(2,3)21(25)12-11-17-18-14-22(26)28-20(18)15-19(17)29-23(27)16-9-7-6-8-10-16/h6-12,17-21,25H,13-15H2,1-3H3/t17-,18-,19-,20+,21-/m1/s1. The highest BCUT2D eigenvalue weighted by atomic mass is 16.6. The molecule has 1 N–H and O–H groups in total. The monoisotopic (exact) mass is 396 g/mol. The summed E-state index contributed by atoms with van der Waals surface area (Å²) >= 11 is 0. The molecule has 0 amide bonds. The van der Waals surface area contributed by atoms with Crippen LogP contribution >= 0.6 is 0 Å². The van der Waals surface area contributed by atoms with E-state index in [9.17, 15) is 14.7 Å². The summed E-state index contributed by atoms with van der Waals surface area (Å²) < 4.78 is 11.2. The van der Waals surface area contributed by atoms with Crippen LogP contribution in [0.4, 0.5) is 0 Å². The first kappa shape index (κ1) is 21.1. The lowest BCUT2D eigenvalue weighted by molar-refractivity contribution is -0.141. The zero-order valence-corrected chi connectivity index (χ0v) is 17.1. The van der Waals surface area contributed by atoms with Crippen molar-refractivity contribution in [2.75, 3.05) is 0 Å². The second-order valence-corrected chi connectivity index (χ2v) is 8.44. The first-order valence-electron chi connectivity index (χ1n) is 10.0. The predicted octanol–water partition coefficient (Wildman–Crippen LogP) is 3.52. The van der Waals surface area contributed by atoms with Gasteiger partial charge in [0.05, 0.1) is 18.1 Å². The van der Waals surface area contributed by atoms with E-state index in [1.54, 1.807) is 37.3 Å². The molecule has 1 aliphatic heterocycles. The number of esters is 2. The third kappa shape index (κ3) is 4.89. The van der Waals surface area contributed by atoms with Gasteiger partial charge in [-0.15, -0.1) is 11.8 Å². The van der Waals surface area contributed by atoms with Crippen molar-refractivity contribution in [3.63, 3.8) is 0 Å². The number of aliphatic hydroxyl groups excluding tert-OH is 1. The van der Waals surface area contributed by atoms with Crippen molar-refractivity contribution in [2.45, 2.75) is 58.3 Å². The Morgan fingerprint density at radius 1 is 1.38 bits per heavy atom. The quantitative estimate of drug-likeness (QED) is 0.452. The smallest absolute Gasteiger partial charge is 0.338 e. The predicted molar refractivity (Wildman–Crippen MR) is 109 cm³/mol. The van der Waals surface area contributed by atoms with Gasteiger partial charge in [-0.2, -0.15) is 0 Å². The Kier molecular flexibility index (Phi) is 6.44. The van der Waals surface area contributed by atoms with E-state index < -0.39 is 17.6 Å². The highest BCUT2D eigenvalue weighted by Crippen LogP contribution is 2.44. The van der Waals surface area contributed by atoms with Crippen LogP contribution < -0.4 is 0 Å². The lowest BCUT2D eigenvalue weighted by atomic mass is 9.82. The van der Waals surface area contributed by atoms with Gasteiger partial charge in [0.25, 0.3) is 0 Å². The molecule has 3 rings (SSSR count). The summed E-state index contributed by atoms with van der Waals surface area (Å²) in [6.07, 6.45) is 3.64. The Morgan fingerprint density at radius 2 is 2.10 bits per heavy atom. The van der Waals surface area contributed by atoms with Gasteiger partial charge in [0.1, 0.15) is 12.2 Å². The number of carbonyl (C=O) groups is 2. The van der Waals surface area contributed by atoms with Gasteiger partial charge in [-0.3, -0.25) is 4.79 Å². The number of rotatable bonds is 6. The second kappa shape index (κ2) is 8.84. The molecule has 1 aliphatic carbocycles. The van der Waals surface area contributed by atoms with Crippen molar-refractivity contribution in [1.82, 2.24) is 0 Å². The lowest BCUT2D eigenvalue weighted by Crippen LogP contribution is -2.28.